The van der Waals surface area contributed by atoms with E-state index < -0.39 is 0 Å². The summed E-state index contributed by atoms with van der Waals surface area (Å²) in [6.07, 6.45) is 1.46. The molecule has 38 valence electrons. The van der Waals surface area contributed by atoms with Crippen molar-refractivity contribution in [1.82, 2.24) is 4.98 Å². The predicted octanol–water partition coefficient (Wildman–Crippen LogP) is 1.93. The van der Waals surface area contributed by atoms with E-state index in [1.165, 1.54) is 6.20 Å². The molecule has 1 aromatic heterocycles. The third-order valence-electron chi connectivity index (χ3n) is 0.449. The zero-order valence-electron chi connectivity index (χ0n) is 3.19. The van der Waals surface area contributed by atoms with E-state index in [-0.39, 0.29) is 0 Å². The third kappa shape index (κ3) is 1.31. The van der Waals surface area contributed by atoms with E-state index in [1.54, 1.807) is 0 Å². The maximum absolute atomic E-state index is 5.33. The van der Waals surface area contributed by atoms with E-state index in [9.17, 15) is 0 Å². The van der Waals surface area contributed by atoms with Crippen molar-refractivity contribution in [3.05, 3.63) is 15.3 Å². The Kier molecular flexibility index (Phi) is 1.53. The van der Waals surface area contributed by atoms with Gasteiger partial charge in [-0.05, 0) is 11.6 Å². The Morgan fingerprint density at radius 1 is 1.86 bits per heavy atom. The summed E-state index contributed by atoms with van der Waals surface area (Å²) in [5.41, 5.74) is 0. The number of nitrogens with zero attached hydrogens (tertiary/aromatic N) is 1. The lowest BCUT2D eigenvalue weighted by Crippen LogP contribution is -1.57. The van der Waals surface area contributed by atoms with Crippen LogP contribution in [0.15, 0.2) is 10.6 Å². The maximum atomic E-state index is 5.33. The molecule has 0 saturated carbocycles. The molecule has 0 aromatic carbocycles. The van der Waals surface area contributed by atoms with Gasteiger partial charge in [-0.1, -0.05) is 0 Å². The fourth-order valence-corrected chi connectivity index (χ4v) is 0.863. The van der Waals surface area contributed by atoms with E-state index in [4.69, 9.17) is 16.0 Å². The van der Waals surface area contributed by atoms with E-state index in [1.807, 2.05) is 22.6 Å². The number of hydrogen-bond donors (Lipinski definition) is 0. The van der Waals surface area contributed by atoms with Gasteiger partial charge in [0.1, 0.15) is 0 Å². The molecule has 1 heterocycles. The molecule has 0 bridgehead atoms. The number of oxazole rings is 1. The first kappa shape index (κ1) is 5.37. The fraction of sp³-hybridized carbons (Fsp3) is 0. The average Bonchev–Trinajstić information content (AvgIpc) is 1.87. The summed E-state index contributed by atoms with van der Waals surface area (Å²) in [6.45, 7) is 0. The highest BCUT2D eigenvalue weighted by Gasteiger charge is 1.91. The Hall–Kier alpha value is 0.230. The van der Waals surface area contributed by atoms with Crippen LogP contribution in [-0.4, -0.2) is 4.98 Å². The molecule has 0 N–H and O–H groups in total. The summed E-state index contributed by atoms with van der Waals surface area (Å²) >= 11 is 7.26. The fourth-order valence-electron chi connectivity index (χ4n) is 0.235. The molecule has 0 aliphatic rings. The van der Waals surface area contributed by atoms with Crippen molar-refractivity contribution >= 4 is 34.2 Å². The van der Waals surface area contributed by atoms with Crippen molar-refractivity contribution < 1.29 is 4.42 Å². The van der Waals surface area contributed by atoms with Crippen LogP contribution in [0.2, 0.25) is 5.22 Å². The van der Waals surface area contributed by atoms with E-state index in [0.29, 0.717) is 9.12 Å². The highest BCUT2D eigenvalue weighted by atomic mass is 127. The Balaban J connectivity index is 3.04. The quantitative estimate of drug-likeness (QED) is 0.635. The third-order valence-corrected chi connectivity index (χ3v) is 1.12. The largest absolute Gasteiger partial charge is 0.420 e. The van der Waals surface area contributed by atoms with Crippen LogP contribution in [0.25, 0.3) is 0 Å². The standard InChI is InChI=1S/C3HClINO/c4-2-1-6-3(5)7-2/h1H. The highest BCUT2D eigenvalue weighted by Crippen LogP contribution is 2.10. The molecule has 0 saturated heterocycles. The molecule has 0 aliphatic heterocycles. The molecular formula is C3HClINO. The summed E-state index contributed by atoms with van der Waals surface area (Å²) in [5, 5.41) is 0.337. The molecule has 2 nitrogen and oxygen atoms in total. The van der Waals surface area contributed by atoms with Crippen LogP contribution < -0.4 is 0 Å². The lowest BCUT2D eigenvalue weighted by molar-refractivity contribution is 0.527. The van der Waals surface area contributed by atoms with Crippen LogP contribution in [-0.2, 0) is 0 Å². The molecule has 7 heavy (non-hydrogen) atoms. The van der Waals surface area contributed by atoms with Gasteiger partial charge in [-0.3, -0.25) is 0 Å². The van der Waals surface area contributed by atoms with Crippen LogP contribution in [0.4, 0.5) is 0 Å². The number of aromatic nitrogens is 1. The van der Waals surface area contributed by atoms with Crippen molar-refractivity contribution in [2.45, 2.75) is 0 Å². The monoisotopic (exact) mass is 229 g/mol. The minimum absolute atomic E-state index is 0.337. The SMILES string of the molecule is Clc1cnc(I)o1. The zero-order chi connectivity index (χ0) is 5.28. The van der Waals surface area contributed by atoms with Gasteiger partial charge < -0.3 is 4.42 Å². The Morgan fingerprint density at radius 3 is 2.71 bits per heavy atom. The van der Waals surface area contributed by atoms with Crippen LogP contribution in [0, 0.1) is 3.90 Å². The molecule has 0 aliphatic carbocycles. The van der Waals surface area contributed by atoms with Gasteiger partial charge >= 0.3 is 0 Å². The molecule has 0 amide bonds. The second-order valence-corrected chi connectivity index (χ2v) is 2.21. The van der Waals surface area contributed by atoms with Crippen LogP contribution in [0.3, 0.4) is 0 Å². The molecule has 0 spiro atoms. The molecule has 1 rings (SSSR count). The highest BCUT2D eigenvalue weighted by molar-refractivity contribution is 14.1. The number of hydrogen-bond acceptors (Lipinski definition) is 2. The molecule has 4 heteroatoms. The Bertz CT molecular complexity index is 147. The second-order valence-electron chi connectivity index (χ2n) is 0.917. The van der Waals surface area contributed by atoms with Crippen LogP contribution in [0.5, 0.6) is 0 Å². The normalized spacial score (nSPS) is 9.43. The topological polar surface area (TPSA) is 26.0 Å². The van der Waals surface area contributed by atoms with Crippen molar-refractivity contribution in [3.63, 3.8) is 0 Å². The van der Waals surface area contributed by atoms with Crippen molar-refractivity contribution in [1.29, 1.82) is 0 Å². The van der Waals surface area contributed by atoms with Gasteiger partial charge in [-0.2, -0.15) is 0 Å². The van der Waals surface area contributed by atoms with E-state index in [0.717, 1.165) is 0 Å². The molecule has 0 unspecified atom stereocenters. The minimum Gasteiger partial charge on any atom is -0.420 e. The Labute approximate surface area is 59.0 Å². The summed E-state index contributed by atoms with van der Waals surface area (Å²) in [6, 6.07) is 0. The molecular weight excluding hydrogens is 228 g/mol. The smallest absolute Gasteiger partial charge is 0.258 e. The van der Waals surface area contributed by atoms with Crippen molar-refractivity contribution in [2.75, 3.05) is 0 Å². The van der Waals surface area contributed by atoms with Gasteiger partial charge in [0, 0.05) is 22.6 Å². The van der Waals surface area contributed by atoms with Crippen LogP contribution in [0.1, 0.15) is 0 Å². The van der Waals surface area contributed by atoms with Gasteiger partial charge in [0.2, 0.25) is 5.22 Å². The predicted molar refractivity (Wildman–Crippen MR) is 34.2 cm³/mol. The first-order chi connectivity index (χ1) is 3.29. The van der Waals surface area contributed by atoms with Crippen molar-refractivity contribution in [3.8, 4) is 0 Å². The number of halogens is 2. The van der Waals surface area contributed by atoms with Gasteiger partial charge in [-0.15, -0.1) is 0 Å². The van der Waals surface area contributed by atoms with Crippen LogP contribution >= 0.6 is 34.2 Å². The zero-order valence-corrected chi connectivity index (χ0v) is 6.10. The number of rotatable bonds is 0. The van der Waals surface area contributed by atoms with Gasteiger partial charge in [0.25, 0.3) is 3.90 Å². The molecule has 0 atom stereocenters. The van der Waals surface area contributed by atoms with Gasteiger partial charge in [-0.25, -0.2) is 4.98 Å². The maximum Gasteiger partial charge on any atom is 0.258 e. The summed E-state index contributed by atoms with van der Waals surface area (Å²) < 4.78 is 5.30. The van der Waals surface area contributed by atoms with Crippen molar-refractivity contribution in [2.24, 2.45) is 0 Å². The lowest BCUT2D eigenvalue weighted by Gasteiger charge is -1.69. The van der Waals surface area contributed by atoms with Gasteiger partial charge in [0.05, 0.1) is 6.20 Å². The molecule has 1 aromatic rings. The molecule has 0 fully saturated rings. The molecule has 0 radical (unpaired) electrons. The first-order valence-corrected chi connectivity index (χ1v) is 3.01. The van der Waals surface area contributed by atoms with Gasteiger partial charge in [0.15, 0.2) is 0 Å². The average molecular weight is 229 g/mol. The lowest BCUT2D eigenvalue weighted by atomic mass is 11.0. The summed E-state index contributed by atoms with van der Waals surface area (Å²) in [7, 11) is 0. The second kappa shape index (κ2) is 2.00. The minimum atomic E-state index is 0.337. The van der Waals surface area contributed by atoms with E-state index in [2.05, 4.69) is 4.98 Å². The Morgan fingerprint density at radius 2 is 2.57 bits per heavy atom. The first-order valence-electron chi connectivity index (χ1n) is 1.56. The van der Waals surface area contributed by atoms with E-state index >= 15 is 0 Å². The summed E-state index contributed by atoms with van der Waals surface area (Å²) in [4.78, 5) is 3.70. The summed E-state index contributed by atoms with van der Waals surface area (Å²) in [5.74, 6) is 0.